The first-order valence-corrected chi connectivity index (χ1v) is 7.98. The van der Waals surface area contributed by atoms with Gasteiger partial charge in [-0.2, -0.15) is 0 Å². The number of benzene rings is 1. The maximum Gasteiger partial charge on any atom is 0.321 e. The molecule has 1 aromatic rings. The van der Waals surface area contributed by atoms with Gasteiger partial charge in [-0.05, 0) is 25.2 Å². The minimum atomic E-state index is -0.0898. The summed E-state index contributed by atoms with van der Waals surface area (Å²) in [4.78, 5) is 14.4. The number of nitrogens with zero attached hydrogens (tertiary/aromatic N) is 1. The highest BCUT2D eigenvalue weighted by Crippen LogP contribution is 2.40. The van der Waals surface area contributed by atoms with E-state index in [2.05, 4.69) is 12.2 Å². The van der Waals surface area contributed by atoms with E-state index in [0.29, 0.717) is 28.9 Å². The number of methoxy groups -OCH3 is 3. The fourth-order valence-corrected chi connectivity index (χ4v) is 2.51. The van der Waals surface area contributed by atoms with Crippen molar-refractivity contribution in [3.05, 3.63) is 12.1 Å². The van der Waals surface area contributed by atoms with Gasteiger partial charge in [0.15, 0.2) is 11.5 Å². The number of rotatable bonds is 8. The highest BCUT2D eigenvalue weighted by Gasteiger charge is 2.26. The number of ether oxygens (including phenoxy) is 3. The standard InChI is InChI=1S/C17H26N2O4/c1-5-8-19(11-12-6-7-12)17(20)18-13-9-14(21-2)16(23-4)15(10-13)22-3/h9-10,12H,5-8,11H2,1-4H3,(H,18,20). The molecule has 0 atom stereocenters. The third kappa shape index (κ3) is 4.43. The summed E-state index contributed by atoms with van der Waals surface area (Å²) in [5.74, 6) is 2.21. The zero-order valence-electron chi connectivity index (χ0n) is 14.3. The summed E-state index contributed by atoms with van der Waals surface area (Å²) in [6, 6.07) is 3.38. The molecule has 1 aliphatic rings. The molecule has 0 heterocycles. The number of amides is 2. The van der Waals surface area contributed by atoms with Crippen LogP contribution in [-0.2, 0) is 0 Å². The molecular formula is C17H26N2O4. The average Bonchev–Trinajstić information content (AvgIpc) is 3.37. The van der Waals surface area contributed by atoms with Crippen LogP contribution in [0.1, 0.15) is 26.2 Å². The zero-order valence-corrected chi connectivity index (χ0v) is 14.3. The molecule has 0 unspecified atom stereocenters. The van der Waals surface area contributed by atoms with Gasteiger partial charge in [0, 0.05) is 25.2 Å². The van der Waals surface area contributed by atoms with E-state index >= 15 is 0 Å². The Labute approximate surface area is 137 Å². The molecule has 0 saturated heterocycles. The molecule has 128 valence electrons. The first-order chi connectivity index (χ1) is 11.1. The topological polar surface area (TPSA) is 60.0 Å². The van der Waals surface area contributed by atoms with Gasteiger partial charge in [-0.25, -0.2) is 4.79 Å². The first kappa shape index (κ1) is 17.2. The Bertz CT molecular complexity index is 518. The lowest BCUT2D eigenvalue weighted by Crippen LogP contribution is -2.37. The molecule has 2 rings (SSSR count). The van der Waals surface area contributed by atoms with Crippen molar-refractivity contribution >= 4 is 11.7 Å². The van der Waals surface area contributed by atoms with Crippen molar-refractivity contribution in [1.29, 1.82) is 0 Å². The van der Waals surface area contributed by atoms with Gasteiger partial charge in [-0.1, -0.05) is 6.92 Å². The van der Waals surface area contributed by atoms with E-state index in [4.69, 9.17) is 14.2 Å². The van der Waals surface area contributed by atoms with Crippen LogP contribution < -0.4 is 19.5 Å². The van der Waals surface area contributed by atoms with Gasteiger partial charge in [-0.3, -0.25) is 0 Å². The van der Waals surface area contributed by atoms with Gasteiger partial charge in [0.25, 0.3) is 0 Å². The Kier molecular flexibility index (Phi) is 5.96. The van der Waals surface area contributed by atoms with Gasteiger partial charge < -0.3 is 24.4 Å². The van der Waals surface area contributed by atoms with E-state index in [1.54, 1.807) is 33.5 Å². The maximum atomic E-state index is 12.5. The third-order valence-corrected chi connectivity index (χ3v) is 3.87. The number of nitrogens with one attached hydrogen (secondary N) is 1. The fraction of sp³-hybridized carbons (Fsp3) is 0.588. The summed E-state index contributed by atoms with van der Waals surface area (Å²) in [5.41, 5.74) is 0.626. The monoisotopic (exact) mass is 322 g/mol. The lowest BCUT2D eigenvalue weighted by Gasteiger charge is -2.23. The molecule has 6 nitrogen and oxygen atoms in total. The van der Waals surface area contributed by atoms with Crippen molar-refractivity contribution in [3.8, 4) is 17.2 Å². The quantitative estimate of drug-likeness (QED) is 0.797. The molecular weight excluding hydrogens is 296 g/mol. The largest absolute Gasteiger partial charge is 0.493 e. The van der Waals surface area contributed by atoms with Crippen LogP contribution in [-0.4, -0.2) is 45.3 Å². The molecule has 1 aliphatic carbocycles. The lowest BCUT2D eigenvalue weighted by molar-refractivity contribution is 0.209. The summed E-state index contributed by atoms with van der Waals surface area (Å²) in [5, 5.41) is 2.93. The first-order valence-electron chi connectivity index (χ1n) is 7.98. The van der Waals surface area contributed by atoms with Gasteiger partial charge in [0.05, 0.1) is 27.0 Å². The van der Waals surface area contributed by atoms with Crippen LogP contribution in [0.25, 0.3) is 0 Å². The van der Waals surface area contributed by atoms with Gasteiger partial charge >= 0.3 is 6.03 Å². The van der Waals surface area contributed by atoms with Crippen LogP contribution in [0.3, 0.4) is 0 Å². The van der Waals surface area contributed by atoms with Crippen molar-refractivity contribution in [2.45, 2.75) is 26.2 Å². The predicted octanol–water partition coefficient (Wildman–Crippen LogP) is 3.37. The second-order valence-corrected chi connectivity index (χ2v) is 5.73. The lowest BCUT2D eigenvalue weighted by atomic mass is 10.2. The number of urea groups is 1. The number of carbonyl (C=O) groups is 1. The van der Waals surface area contributed by atoms with Gasteiger partial charge in [0.1, 0.15) is 0 Å². The number of hydrogen-bond acceptors (Lipinski definition) is 4. The maximum absolute atomic E-state index is 12.5. The van der Waals surface area contributed by atoms with Crippen LogP contribution in [0.2, 0.25) is 0 Å². The highest BCUT2D eigenvalue weighted by atomic mass is 16.5. The van der Waals surface area contributed by atoms with E-state index in [1.165, 1.54) is 12.8 Å². The predicted molar refractivity (Wildman–Crippen MR) is 89.7 cm³/mol. The zero-order chi connectivity index (χ0) is 16.8. The Balaban J connectivity index is 2.15. The Morgan fingerprint density at radius 3 is 2.22 bits per heavy atom. The van der Waals surface area contributed by atoms with Crippen LogP contribution in [0.15, 0.2) is 12.1 Å². The minimum Gasteiger partial charge on any atom is -0.493 e. The average molecular weight is 322 g/mol. The van der Waals surface area contributed by atoms with Crippen molar-refractivity contribution in [2.75, 3.05) is 39.7 Å². The molecule has 0 aliphatic heterocycles. The SMILES string of the molecule is CCCN(CC1CC1)C(=O)Nc1cc(OC)c(OC)c(OC)c1. The van der Waals surface area contributed by atoms with E-state index < -0.39 is 0 Å². The minimum absolute atomic E-state index is 0.0898. The fourth-order valence-electron chi connectivity index (χ4n) is 2.51. The Morgan fingerprint density at radius 1 is 1.17 bits per heavy atom. The number of hydrogen-bond donors (Lipinski definition) is 1. The van der Waals surface area contributed by atoms with Crippen molar-refractivity contribution < 1.29 is 19.0 Å². The molecule has 1 aromatic carbocycles. The van der Waals surface area contributed by atoms with Crippen molar-refractivity contribution in [1.82, 2.24) is 4.90 Å². The molecule has 0 spiro atoms. The number of carbonyl (C=O) groups excluding carboxylic acids is 1. The number of anilines is 1. The third-order valence-electron chi connectivity index (χ3n) is 3.87. The highest BCUT2D eigenvalue weighted by molar-refractivity contribution is 5.90. The molecule has 23 heavy (non-hydrogen) atoms. The summed E-state index contributed by atoms with van der Waals surface area (Å²) in [6.07, 6.45) is 3.38. The molecule has 0 bridgehead atoms. The normalized spacial score (nSPS) is 13.4. The van der Waals surface area contributed by atoms with E-state index in [1.807, 2.05) is 4.90 Å². The molecule has 0 aromatic heterocycles. The summed E-state index contributed by atoms with van der Waals surface area (Å²) in [7, 11) is 4.66. The van der Waals surface area contributed by atoms with Crippen LogP contribution in [0.4, 0.5) is 10.5 Å². The summed E-state index contributed by atoms with van der Waals surface area (Å²) >= 11 is 0. The molecule has 2 amide bonds. The van der Waals surface area contributed by atoms with Crippen LogP contribution in [0.5, 0.6) is 17.2 Å². The Morgan fingerprint density at radius 2 is 1.78 bits per heavy atom. The molecule has 1 fully saturated rings. The molecule has 1 N–H and O–H groups in total. The van der Waals surface area contributed by atoms with Crippen molar-refractivity contribution in [3.63, 3.8) is 0 Å². The van der Waals surface area contributed by atoms with E-state index in [0.717, 1.165) is 19.5 Å². The van der Waals surface area contributed by atoms with Crippen LogP contribution >= 0.6 is 0 Å². The molecule has 6 heteroatoms. The molecule has 0 radical (unpaired) electrons. The Hall–Kier alpha value is -2.11. The smallest absolute Gasteiger partial charge is 0.321 e. The summed E-state index contributed by atoms with van der Waals surface area (Å²) in [6.45, 7) is 3.66. The second-order valence-electron chi connectivity index (χ2n) is 5.73. The van der Waals surface area contributed by atoms with Gasteiger partial charge in [-0.15, -0.1) is 0 Å². The van der Waals surface area contributed by atoms with Crippen LogP contribution in [0, 0.1) is 5.92 Å². The molecule has 1 saturated carbocycles. The van der Waals surface area contributed by atoms with E-state index in [9.17, 15) is 4.79 Å². The van der Waals surface area contributed by atoms with E-state index in [-0.39, 0.29) is 6.03 Å². The second kappa shape index (κ2) is 7.94. The van der Waals surface area contributed by atoms with Crippen molar-refractivity contribution in [2.24, 2.45) is 5.92 Å². The summed E-state index contributed by atoms with van der Waals surface area (Å²) < 4.78 is 15.9. The van der Waals surface area contributed by atoms with Gasteiger partial charge in [0.2, 0.25) is 5.75 Å².